The van der Waals surface area contributed by atoms with Crippen LogP contribution >= 0.6 is 0 Å². The lowest BCUT2D eigenvalue weighted by molar-refractivity contribution is 0.699. The molecule has 1 atom stereocenters. The first kappa shape index (κ1) is 8.00. The Labute approximate surface area is 82.8 Å². The Kier molecular flexibility index (Phi) is 1.77. The Morgan fingerprint density at radius 2 is 2.43 bits per heavy atom. The normalized spacial score (nSPS) is 21.9. The van der Waals surface area contributed by atoms with Gasteiger partial charge >= 0.3 is 0 Å². The van der Waals surface area contributed by atoms with Gasteiger partial charge in [-0.15, -0.1) is 0 Å². The zero-order chi connectivity index (χ0) is 9.38. The molecule has 3 heteroatoms. The van der Waals surface area contributed by atoms with Crippen LogP contribution in [0, 0.1) is 0 Å². The first-order valence-corrected chi connectivity index (χ1v) is 5.08. The minimum atomic E-state index is 0.583. The third-order valence-corrected chi connectivity index (χ3v) is 2.89. The number of aromatic nitrogens is 2. The summed E-state index contributed by atoms with van der Waals surface area (Å²) in [6, 6.07) is 6.20. The molecule has 0 unspecified atom stereocenters. The van der Waals surface area contributed by atoms with E-state index in [1.807, 2.05) is 12.3 Å². The van der Waals surface area contributed by atoms with E-state index in [1.165, 1.54) is 17.8 Å². The van der Waals surface area contributed by atoms with Gasteiger partial charge in [-0.25, -0.2) is 4.98 Å². The summed E-state index contributed by atoms with van der Waals surface area (Å²) in [5, 5.41) is 3.37. The summed E-state index contributed by atoms with van der Waals surface area (Å²) < 4.78 is 2.19. The van der Waals surface area contributed by atoms with Gasteiger partial charge in [0.2, 0.25) is 0 Å². The Morgan fingerprint density at radius 3 is 3.29 bits per heavy atom. The summed E-state index contributed by atoms with van der Waals surface area (Å²) in [5.74, 6) is 1.78. The van der Waals surface area contributed by atoms with Crippen molar-refractivity contribution in [2.75, 3.05) is 13.1 Å². The highest BCUT2D eigenvalue weighted by Crippen LogP contribution is 2.21. The van der Waals surface area contributed by atoms with Crippen LogP contribution in [0.2, 0.25) is 0 Å². The lowest BCUT2D eigenvalue weighted by Crippen LogP contribution is -2.10. The molecule has 1 saturated heterocycles. The molecule has 0 aromatic carbocycles. The Balaban J connectivity index is 2.11. The summed E-state index contributed by atoms with van der Waals surface area (Å²) in [7, 11) is 0. The largest absolute Gasteiger partial charge is 0.316 e. The summed E-state index contributed by atoms with van der Waals surface area (Å²) in [5.41, 5.74) is 1.19. The van der Waals surface area contributed by atoms with Gasteiger partial charge in [0.05, 0.1) is 11.7 Å². The van der Waals surface area contributed by atoms with Crippen molar-refractivity contribution in [2.24, 2.45) is 0 Å². The predicted molar refractivity (Wildman–Crippen MR) is 55.4 cm³/mol. The fourth-order valence-electron chi connectivity index (χ4n) is 2.14. The molecular formula is C11H13N3. The molecule has 3 heterocycles. The topological polar surface area (TPSA) is 29.3 Å². The van der Waals surface area contributed by atoms with Crippen LogP contribution in [0.3, 0.4) is 0 Å². The van der Waals surface area contributed by atoms with E-state index in [-0.39, 0.29) is 0 Å². The SMILES string of the molecule is c1ccn2c([C@@H]3CCNC3)ncc2c1. The van der Waals surface area contributed by atoms with Crippen LogP contribution < -0.4 is 5.32 Å². The van der Waals surface area contributed by atoms with Crippen LogP contribution in [0.15, 0.2) is 30.6 Å². The number of hydrogen-bond acceptors (Lipinski definition) is 2. The quantitative estimate of drug-likeness (QED) is 0.731. The van der Waals surface area contributed by atoms with Crippen molar-refractivity contribution in [3.8, 4) is 0 Å². The number of fused-ring (bicyclic) bond motifs is 1. The van der Waals surface area contributed by atoms with Gasteiger partial charge in [-0.3, -0.25) is 0 Å². The van der Waals surface area contributed by atoms with Crippen molar-refractivity contribution in [3.63, 3.8) is 0 Å². The van der Waals surface area contributed by atoms with E-state index in [0.717, 1.165) is 13.1 Å². The molecule has 1 N–H and O–H groups in total. The maximum Gasteiger partial charge on any atom is 0.117 e. The van der Waals surface area contributed by atoms with Crippen LogP contribution in [0.25, 0.3) is 5.52 Å². The predicted octanol–water partition coefficient (Wildman–Crippen LogP) is 1.41. The van der Waals surface area contributed by atoms with Crippen molar-refractivity contribution in [3.05, 3.63) is 36.4 Å². The molecule has 0 bridgehead atoms. The molecule has 1 aliphatic heterocycles. The smallest absolute Gasteiger partial charge is 0.117 e. The second-order valence-corrected chi connectivity index (χ2v) is 3.80. The van der Waals surface area contributed by atoms with Gasteiger partial charge in [-0.05, 0) is 25.1 Å². The maximum absolute atomic E-state index is 4.50. The molecule has 0 saturated carbocycles. The van der Waals surface area contributed by atoms with E-state index < -0.39 is 0 Å². The standard InChI is InChI=1S/C11H13N3/c1-2-6-14-10(3-1)8-13-11(14)9-4-5-12-7-9/h1-3,6,8-9,12H,4-5,7H2/t9-/m1/s1. The Hall–Kier alpha value is -1.35. The molecule has 2 aromatic heterocycles. The summed E-state index contributed by atoms with van der Waals surface area (Å²) in [6.07, 6.45) is 5.25. The van der Waals surface area contributed by atoms with Gasteiger partial charge in [0.25, 0.3) is 0 Å². The molecule has 1 aliphatic rings. The third-order valence-electron chi connectivity index (χ3n) is 2.89. The van der Waals surface area contributed by atoms with Gasteiger partial charge in [0.15, 0.2) is 0 Å². The van der Waals surface area contributed by atoms with E-state index >= 15 is 0 Å². The maximum atomic E-state index is 4.50. The summed E-state index contributed by atoms with van der Waals surface area (Å²) >= 11 is 0. The Morgan fingerprint density at radius 1 is 1.43 bits per heavy atom. The average Bonchev–Trinajstić information content (AvgIpc) is 2.85. The van der Waals surface area contributed by atoms with Gasteiger partial charge < -0.3 is 9.72 Å². The molecule has 0 aliphatic carbocycles. The molecule has 3 rings (SSSR count). The van der Waals surface area contributed by atoms with E-state index in [9.17, 15) is 0 Å². The zero-order valence-corrected chi connectivity index (χ0v) is 7.98. The van der Waals surface area contributed by atoms with Crippen LogP contribution in [0.4, 0.5) is 0 Å². The van der Waals surface area contributed by atoms with Crippen LogP contribution in [-0.2, 0) is 0 Å². The highest BCUT2D eigenvalue weighted by Gasteiger charge is 2.20. The summed E-state index contributed by atoms with van der Waals surface area (Å²) in [4.78, 5) is 4.50. The highest BCUT2D eigenvalue weighted by molar-refractivity contribution is 5.46. The first-order valence-electron chi connectivity index (χ1n) is 5.08. The zero-order valence-electron chi connectivity index (χ0n) is 7.98. The van der Waals surface area contributed by atoms with Crippen molar-refractivity contribution in [1.29, 1.82) is 0 Å². The number of hydrogen-bond donors (Lipinski definition) is 1. The van der Waals surface area contributed by atoms with Gasteiger partial charge in [-0.1, -0.05) is 6.07 Å². The van der Waals surface area contributed by atoms with E-state index in [4.69, 9.17) is 0 Å². The molecule has 0 spiro atoms. The molecule has 3 nitrogen and oxygen atoms in total. The number of nitrogens with one attached hydrogen (secondary N) is 1. The number of pyridine rings is 1. The van der Waals surface area contributed by atoms with Crippen molar-refractivity contribution in [1.82, 2.24) is 14.7 Å². The van der Waals surface area contributed by atoms with Crippen molar-refractivity contribution < 1.29 is 0 Å². The molecule has 14 heavy (non-hydrogen) atoms. The number of rotatable bonds is 1. The van der Waals surface area contributed by atoms with Crippen LogP contribution in [0.5, 0.6) is 0 Å². The van der Waals surface area contributed by atoms with Gasteiger partial charge in [0, 0.05) is 18.7 Å². The highest BCUT2D eigenvalue weighted by atomic mass is 15.0. The fraction of sp³-hybridized carbons (Fsp3) is 0.364. The molecule has 72 valence electrons. The summed E-state index contributed by atoms with van der Waals surface area (Å²) in [6.45, 7) is 2.18. The minimum absolute atomic E-state index is 0.583. The van der Waals surface area contributed by atoms with Gasteiger partial charge in [-0.2, -0.15) is 0 Å². The lowest BCUT2D eigenvalue weighted by Gasteiger charge is -2.06. The van der Waals surface area contributed by atoms with Crippen molar-refractivity contribution in [2.45, 2.75) is 12.3 Å². The molecule has 2 aromatic rings. The molecule has 0 radical (unpaired) electrons. The van der Waals surface area contributed by atoms with E-state index in [1.54, 1.807) is 0 Å². The fourth-order valence-corrected chi connectivity index (χ4v) is 2.14. The third kappa shape index (κ3) is 1.13. The number of imidazole rings is 1. The number of nitrogens with zero attached hydrogens (tertiary/aromatic N) is 2. The lowest BCUT2D eigenvalue weighted by atomic mass is 10.1. The minimum Gasteiger partial charge on any atom is -0.316 e. The van der Waals surface area contributed by atoms with Crippen molar-refractivity contribution >= 4 is 5.52 Å². The Bertz CT molecular complexity index is 440. The van der Waals surface area contributed by atoms with Crippen LogP contribution in [0.1, 0.15) is 18.2 Å². The second-order valence-electron chi connectivity index (χ2n) is 3.80. The molecule has 0 amide bonds. The molecular weight excluding hydrogens is 174 g/mol. The van der Waals surface area contributed by atoms with Gasteiger partial charge in [0.1, 0.15) is 5.82 Å². The monoisotopic (exact) mass is 187 g/mol. The average molecular weight is 187 g/mol. The van der Waals surface area contributed by atoms with E-state index in [2.05, 4.69) is 33.0 Å². The van der Waals surface area contributed by atoms with Crippen LogP contribution in [-0.4, -0.2) is 22.5 Å². The second kappa shape index (κ2) is 3.10. The first-order chi connectivity index (χ1) is 6.95. The van der Waals surface area contributed by atoms with E-state index in [0.29, 0.717) is 5.92 Å². The molecule has 1 fully saturated rings.